The summed E-state index contributed by atoms with van der Waals surface area (Å²) in [5.41, 5.74) is 4.22. The second-order valence-corrected chi connectivity index (χ2v) is 25.7. The van der Waals surface area contributed by atoms with E-state index in [1.165, 1.54) is 123 Å². The van der Waals surface area contributed by atoms with Crippen LogP contribution in [0.3, 0.4) is 0 Å². The van der Waals surface area contributed by atoms with Gasteiger partial charge in [0.2, 0.25) is 16.9 Å². The molecule has 2 amide bonds. The molecule has 11 N–H and O–H groups in total. The summed E-state index contributed by atoms with van der Waals surface area (Å²) in [4.78, 5) is 101. The van der Waals surface area contributed by atoms with E-state index in [0.29, 0.717) is 6.42 Å². The topological polar surface area (TPSA) is 401 Å². The highest BCUT2D eigenvalue weighted by atomic mass is 32.2. The Hall–Kier alpha value is -2.97. The number of hydrogen-bond acceptors (Lipinski definition) is 19. The Bertz CT molecular complexity index is 2280. The first kappa shape index (κ1) is 69.3. The molecule has 2 aromatic rings. The number of aliphatic hydroxyl groups excluding tert-OH is 2. The van der Waals surface area contributed by atoms with Crippen molar-refractivity contribution >= 4 is 75.1 Å². The van der Waals surface area contributed by atoms with Crippen molar-refractivity contribution in [3.8, 4) is 0 Å². The number of carboxylic acids is 1. The molecule has 0 aromatic carbocycles. The van der Waals surface area contributed by atoms with Crippen molar-refractivity contribution < 1.29 is 90.4 Å². The van der Waals surface area contributed by atoms with Crippen LogP contribution >= 0.6 is 35.2 Å². The predicted octanol–water partition coefficient (Wildman–Crippen LogP) is 7.36. The number of thioether (sulfide) groups is 1. The van der Waals surface area contributed by atoms with E-state index in [4.69, 9.17) is 19.5 Å². The third kappa shape index (κ3) is 26.7. The molecule has 1 saturated heterocycles. The van der Waals surface area contributed by atoms with Crippen molar-refractivity contribution in [3.05, 3.63) is 12.7 Å². The number of hydrogen-bond donors (Lipinski definition) is 10. The lowest BCUT2D eigenvalue weighted by atomic mass is 9.87. The van der Waals surface area contributed by atoms with Gasteiger partial charge in [-0.3, -0.25) is 37.3 Å². The molecule has 8 atom stereocenters. The van der Waals surface area contributed by atoms with Gasteiger partial charge in [0.05, 0.1) is 19.5 Å². The highest BCUT2D eigenvalue weighted by molar-refractivity contribution is 8.13. The molecule has 26 nitrogen and oxygen atoms in total. The number of fused-ring (bicyclic) bond motifs is 1. The highest BCUT2D eigenvalue weighted by Gasteiger charge is 2.50. The van der Waals surface area contributed by atoms with Gasteiger partial charge in [0.15, 0.2) is 17.7 Å². The van der Waals surface area contributed by atoms with E-state index >= 15 is 0 Å². The number of phosphoric ester groups is 3. The normalized spacial score (nSPS) is 19.3. The second-order valence-electron chi connectivity index (χ2n) is 20.3. The number of carbonyl (C=O) groups is 4. The maximum Gasteiger partial charge on any atom is 0.481 e. The molecule has 78 heavy (non-hydrogen) atoms. The Balaban J connectivity index is 1.25. The third-order valence-electron chi connectivity index (χ3n) is 13.2. The Morgan fingerprint density at radius 2 is 1.31 bits per heavy atom. The fraction of sp³-hybridized carbons (Fsp3) is 0.812. The van der Waals surface area contributed by atoms with Crippen LogP contribution in [0.1, 0.15) is 181 Å². The Morgan fingerprint density at radius 1 is 0.782 bits per heavy atom. The lowest BCUT2D eigenvalue weighted by molar-refractivity contribution is -0.144. The van der Waals surface area contributed by atoms with Crippen molar-refractivity contribution in [1.82, 2.24) is 30.2 Å². The van der Waals surface area contributed by atoms with Crippen LogP contribution in [0.2, 0.25) is 0 Å². The van der Waals surface area contributed by atoms with E-state index in [1.807, 2.05) is 0 Å². The SMILES string of the molecule is CCCCCCCCCCCCCCCCCCCCCCCCC(C(=O)O)C(=O)SCCNC(=O)CCNC(=O)[C@H](O)C(C)(C)COP(=O)(O)OP(=O)(O)OC[C@H]1O[C@@H](n2cnc3c(N)ncnc32)[C@H](O)[C@@H]1OP(=O)(O)O. The molecule has 1 aliphatic heterocycles. The number of amides is 2. The number of nitrogens with zero attached hydrogens (tertiary/aromatic N) is 4. The van der Waals surface area contributed by atoms with Crippen molar-refractivity contribution in [1.29, 1.82) is 0 Å². The van der Waals surface area contributed by atoms with Crippen LogP contribution in [0.4, 0.5) is 5.82 Å². The summed E-state index contributed by atoms with van der Waals surface area (Å²) in [6.07, 6.45) is 20.6. The Labute approximate surface area is 461 Å². The lowest BCUT2D eigenvalue weighted by Crippen LogP contribution is -2.46. The number of aliphatic hydroxyl groups is 2. The summed E-state index contributed by atoms with van der Waals surface area (Å²) >= 11 is 0.818. The van der Waals surface area contributed by atoms with Gasteiger partial charge in [-0.2, -0.15) is 4.31 Å². The van der Waals surface area contributed by atoms with Gasteiger partial charge in [-0.1, -0.05) is 174 Å². The molecular weight excluding hydrogens is 1100 g/mol. The van der Waals surface area contributed by atoms with Crippen LogP contribution in [0.25, 0.3) is 11.2 Å². The molecule has 0 bridgehead atoms. The average Bonchev–Trinajstić information content (AvgIpc) is 3.96. The predicted molar refractivity (Wildman–Crippen MR) is 290 cm³/mol. The number of aromatic nitrogens is 4. The van der Waals surface area contributed by atoms with Crippen molar-refractivity contribution in [3.63, 3.8) is 0 Å². The molecule has 1 aliphatic rings. The molecular formula is C48H86N7O19P3S. The minimum absolute atomic E-state index is 0.0217. The molecule has 0 radical (unpaired) electrons. The smallest absolute Gasteiger partial charge is 0.481 e. The molecule has 1 fully saturated rings. The van der Waals surface area contributed by atoms with Gasteiger partial charge in [0, 0.05) is 30.7 Å². The number of nitrogens with two attached hydrogens (primary N) is 1. The zero-order valence-corrected chi connectivity index (χ0v) is 48.8. The summed E-state index contributed by atoms with van der Waals surface area (Å²) in [7, 11) is -16.5. The average molecular weight is 1190 g/mol. The monoisotopic (exact) mass is 1190 g/mol. The first-order chi connectivity index (χ1) is 36.9. The van der Waals surface area contributed by atoms with Crippen LogP contribution in [-0.2, 0) is 55.5 Å². The van der Waals surface area contributed by atoms with Crippen molar-refractivity contribution in [2.24, 2.45) is 11.3 Å². The Kier molecular flexibility index (Phi) is 31.8. The van der Waals surface area contributed by atoms with Gasteiger partial charge < -0.3 is 56.0 Å². The number of phosphoric acid groups is 3. The molecule has 2 aromatic heterocycles. The number of nitrogens with one attached hydrogen (secondary N) is 2. The number of ether oxygens (including phenoxy) is 1. The number of nitrogen functional groups attached to an aromatic ring is 1. The summed E-state index contributed by atoms with van der Waals surface area (Å²) in [6, 6.07) is 0. The van der Waals surface area contributed by atoms with E-state index < -0.39 is 102 Å². The minimum Gasteiger partial charge on any atom is -0.481 e. The molecule has 0 spiro atoms. The maximum absolute atomic E-state index is 12.8. The standard InChI is InChI=1S/C48H86N7O19P3S/c1-4-5-6-7-8-9-10-11-12-13-14-15-16-17-18-19-20-21-22-23-24-25-26-35(46(60)61)47(62)78-30-29-50-37(56)27-28-51-44(59)41(58)48(2,3)32-71-77(68,69)74-76(66,67)70-31-36-40(73-75(63,64)65)39(57)45(72-36)55-34-54-38-42(49)52-33-53-43(38)55/h33-36,39-41,45,57-58H,4-32H2,1-3H3,(H,50,56)(H,51,59)(H,60,61)(H,66,67)(H,68,69)(H2,49,52,53)(H2,63,64,65)/t35?,36-,39-,40-,41+,45-/m1/s1. The zero-order chi connectivity index (χ0) is 57.8. The number of anilines is 1. The van der Waals surface area contributed by atoms with Gasteiger partial charge >= 0.3 is 29.4 Å². The van der Waals surface area contributed by atoms with Crippen molar-refractivity contribution in [2.75, 3.05) is 37.8 Å². The summed E-state index contributed by atoms with van der Waals surface area (Å²) in [6.45, 7) is 2.44. The maximum atomic E-state index is 12.8. The first-order valence-corrected chi connectivity index (χ1v) is 32.7. The quantitative estimate of drug-likeness (QED) is 0.0176. The van der Waals surface area contributed by atoms with E-state index in [-0.39, 0.29) is 48.7 Å². The van der Waals surface area contributed by atoms with Crippen LogP contribution < -0.4 is 16.4 Å². The summed E-state index contributed by atoms with van der Waals surface area (Å²) in [5, 5.41) is 35.7. The fourth-order valence-electron chi connectivity index (χ4n) is 8.68. The van der Waals surface area contributed by atoms with Crippen LogP contribution in [0.5, 0.6) is 0 Å². The van der Waals surface area contributed by atoms with Gasteiger partial charge in [-0.25, -0.2) is 28.6 Å². The molecule has 0 saturated carbocycles. The zero-order valence-electron chi connectivity index (χ0n) is 45.3. The molecule has 3 unspecified atom stereocenters. The summed E-state index contributed by atoms with van der Waals surface area (Å²) < 4.78 is 62.6. The number of imidazole rings is 1. The first-order valence-electron chi connectivity index (χ1n) is 27.2. The van der Waals surface area contributed by atoms with Crippen LogP contribution in [0, 0.1) is 11.3 Å². The second kappa shape index (κ2) is 35.8. The van der Waals surface area contributed by atoms with Crippen LogP contribution in [-0.4, -0.2) is 134 Å². The van der Waals surface area contributed by atoms with Crippen LogP contribution in [0.15, 0.2) is 12.7 Å². The number of carbonyl (C=O) groups excluding carboxylic acids is 3. The summed E-state index contributed by atoms with van der Waals surface area (Å²) in [5.74, 6) is -3.80. The third-order valence-corrected chi connectivity index (χ3v) is 17.3. The van der Waals surface area contributed by atoms with E-state index in [9.17, 15) is 67.8 Å². The van der Waals surface area contributed by atoms with E-state index in [0.717, 1.165) is 54.7 Å². The fourth-order valence-corrected chi connectivity index (χ4v) is 12.3. The molecule has 3 rings (SSSR count). The largest absolute Gasteiger partial charge is 0.481 e. The van der Waals surface area contributed by atoms with E-state index in [1.54, 1.807) is 0 Å². The van der Waals surface area contributed by atoms with Gasteiger partial charge in [-0.15, -0.1) is 0 Å². The molecule has 30 heteroatoms. The Morgan fingerprint density at radius 3 is 1.83 bits per heavy atom. The van der Waals surface area contributed by atoms with Gasteiger partial charge in [0.1, 0.15) is 42.2 Å². The highest BCUT2D eigenvalue weighted by Crippen LogP contribution is 2.61. The minimum atomic E-state index is -5.61. The van der Waals surface area contributed by atoms with Gasteiger partial charge in [-0.05, 0) is 6.42 Å². The lowest BCUT2D eigenvalue weighted by Gasteiger charge is -2.30. The van der Waals surface area contributed by atoms with Crippen molar-refractivity contribution in [2.45, 2.75) is 206 Å². The number of carboxylic acid groups (broad SMARTS) is 1. The molecule has 3 heterocycles. The number of rotatable bonds is 44. The van der Waals surface area contributed by atoms with Gasteiger partial charge in [0.25, 0.3) is 0 Å². The van der Waals surface area contributed by atoms with E-state index in [2.05, 4.69) is 41.3 Å². The number of unbranched alkanes of at least 4 members (excludes halogenated alkanes) is 21. The molecule has 448 valence electrons. The molecule has 0 aliphatic carbocycles. The number of aliphatic carboxylic acids is 1.